The van der Waals surface area contributed by atoms with Gasteiger partial charge in [0.1, 0.15) is 5.60 Å². The molecule has 1 aliphatic rings. The fourth-order valence-electron chi connectivity index (χ4n) is 3.84. The number of benzene rings is 1. The molecule has 0 radical (unpaired) electrons. The molecule has 1 aromatic carbocycles. The van der Waals surface area contributed by atoms with E-state index < -0.39 is 23.4 Å². The molecule has 1 atom stereocenters. The van der Waals surface area contributed by atoms with Crippen LogP contribution in [-0.4, -0.2) is 38.9 Å². The summed E-state index contributed by atoms with van der Waals surface area (Å²) in [4.78, 5) is 19.3. The number of rotatable bonds is 5. The van der Waals surface area contributed by atoms with Gasteiger partial charge in [0.05, 0.1) is 23.0 Å². The van der Waals surface area contributed by atoms with Crippen molar-refractivity contribution in [2.75, 3.05) is 12.8 Å². The molecule has 0 aliphatic carbocycles. The Bertz CT molecular complexity index is 978. The van der Waals surface area contributed by atoms with Gasteiger partial charge in [-0.05, 0) is 63.6 Å². The molecule has 1 aromatic heterocycles. The van der Waals surface area contributed by atoms with Gasteiger partial charge in [-0.3, -0.25) is 4.90 Å². The first kappa shape index (κ1) is 24.2. The molecule has 1 amide bonds. The summed E-state index contributed by atoms with van der Waals surface area (Å²) in [6, 6.07) is 4.83. The van der Waals surface area contributed by atoms with Gasteiger partial charge in [0, 0.05) is 13.1 Å². The fraction of sp³-hybridized carbons (Fsp3) is 0.478. The highest BCUT2D eigenvalue weighted by atomic mass is 32.2. The van der Waals surface area contributed by atoms with E-state index in [1.54, 1.807) is 11.0 Å². The van der Waals surface area contributed by atoms with Gasteiger partial charge >= 0.3 is 12.3 Å². The lowest BCUT2D eigenvalue weighted by molar-refractivity contribution is -0.137. The van der Waals surface area contributed by atoms with E-state index in [4.69, 9.17) is 4.74 Å². The quantitative estimate of drug-likeness (QED) is 0.492. The number of thioether (sulfide) groups is 1. The van der Waals surface area contributed by atoms with Crippen LogP contribution < -0.4 is 0 Å². The molecule has 9 heteroatoms. The highest BCUT2D eigenvalue weighted by Gasteiger charge is 2.37. The number of hydrogen-bond acceptors (Lipinski definition) is 4. The molecule has 1 aliphatic heterocycles. The molecule has 2 heterocycles. The minimum Gasteiger partial charge on any atom is -0.444 e. The van der Waals surface area contributed by atoms with Crippen LogP contribution in [-0.2, 0) is 23.9 Å². The van der Waals surface area contributed by atoms with Crippen molar-refractivity contribution in [1.29, 1.82) is 0 Å². The van der Waals surface area contributed by atoms with Crippen LogP contribution in [0.2, 0.25) is 0 Å². The van der Waals surface area contributed by atoms with E-state index in [1.165, 1.54) is 23.9 Å². The van der Waals surface area contributed by atoms with Crippen molar-refractivity contribution in [1.82, 2.24) is 14.5 Å². The second-order valence-electron chi connectivity index (χ2n) is 8.65. The van der Waals surface area contributed by atoms with E-state index in [0.717, 1.165) is 28.5 Å². The Labute approximate surface area is 190 Å². The third kappa shape index (κ3) is 5.31. The average molecular weight is 468 g/mol. The number of carbonyl (C=O) groups is 1. The Kier molecular flexibility index (Phi) is 6.97. The first-order valence-corrected chi connectivity index (χ1v) is 11.6. The minimum atomic E-state index is -4.37. The zero-order valence-electron chi connectivity index (χ0n) is 18.7. The summed E-state index contributed by atoms with van der Waals surface area (Å²) in [5, 5.41) is 0.846. The van der Waals surface area contributed by atoms with Gasteiger partial charge < -0.3 is 9.30 Å². The number of carbonyl (C=O) groups excluding carboxylic acids is 1. The zero-order chi connectivity index (χ0) is 23.7. The molecule has 0 fully saturated rings. The molecule has 1 unspecified atom stereocenters. The topological polar surface area (TPSA) is 47.4 Å². The highest BCUT2D eigenvalue weighted by Crippen LogP contribution is 2.37. The largest absolute Gasteiger partial charge is 0.444 e. The summed E-state index contributed by atoms with van der Waals surface area (Å²) in [5.41, 5.74) is 1.04. The molecule has 5 nitrogen and oxygen atoms in total. The maximum absolute atomic E-state index is 13.0. The van der Waals surface area contributed by atoms with Crippen LogP contribution in [0.1, 0.15) is 55.7 Å². The average Bonchev–Trinajstić information content (AvgIpc) is 3.08. The van der Waals surface area contributed by atoms with Crippen LogP contribution in [0.25, 0.3) is 6.08 Å². The smallest absolute Gasteiger partial charge is 0.416 e. The molecule has 0 N–H and O–H groups in total. The van der Waals surface area contributed by atoms with Crippen LogP contribution in [0.4, 0.5) is 18.0 Å². The number of imidazole rings is 1. The first-order chi connectivity index (χ1) is 14.9. The number of alkyl halides is 3. The highest BCUT2D eigenvalue weighted by molar-refractivity contribution is 7.98. The molecule has 3 rings (SSSR count). The summed E-state index contributed by atoms with van der Waals surface area (Å²) in [6.45, 7) is 10.4. The molecule has 2 aromatic rings. The number of ether oxygens (including phenoxy) is 1. The van der Waals surface area contributed by atoms with Crippen LogP contribution in [0.3, 0.4) is 0 Å². The Hall–Kier alpha value is -2.42. The van der Waals surface area contributed by atoms with Gasteiger partial charge in [0.15, 0.2) is 5.16 Å². The Morgan fingerprint density at radius 1 is 1.25 bits per heavy atom. The van der Waals surface area contributed by atoms with Gasteiger partial charge in [-0.1, -0.05) is 30.5 Å². The van der Waals surface area contributed by atoms with Gasteiger partial charge in [-0.15, -0.1) is 0 Å². The van der Waals surface area contributed by atoms with Crippen molar-refractivity contribution >= 4 is 23.9 Å². The lowest BCUT2D eigenvalue weighted by Gasteiger charge is -2.38. The zero-order valence-corrected chi connectivity index (χ0v) is 19.5. The van der Waals surface area contributed by atoms with E-state index >= 15 is 0 Å². The molecular weight excluding hydrogens is 439 g/mol. The number of amides is 1. The number of aromatic nitrogens is 2. The molecule has 0 bridgehead atoms. The van der Waals surface area contributed by atoms with Crippen LogP contribution in [0, 0.1) is 0 Å². The maximum Gasteiger partial charge on any atom is 0.416 e. The second-order valence-corrected chi connectivity index (χ2v) is 9.42. The summed E-state index contributed by atoms with van der Waals surface area (Å²) in [6.07, 6.45) is -0.142. The molecular formula is C23H28F3N3O2S. The predicted molar refractivity (Wildman–Crippen MR) is 120 cm³/mol. The molecule has 174 valence electrons. The van der Waals surface area contributed by atoms with E-state index in [9.17, 15) is 18.0 Å². The Morgan fingerprint density at radius 3 is 2.44 bits per heavy atom. The van der Waals surface area contributed by atoms with E-state index in [-0.39, 0.29) is 6.04 Å². The van der Waals surface area contributed by atoms with E-state index in [1.807, 2.05) is 27.0 Å². The van der Waals surface area contributed by atoms with Gasteiger partial charge in [-0.2, -0.15) is 13.2 Å². The number of hydrogen-bond donors (Lipinski definition) is 0. The van der Waals surface area contributed by atoms with E-state index in [0.29, 0.717) is 31.6 Å². The molecule has 0 saturated carbocycles. The predicted octanol–water partition coefficient (Wildman–Crippen LogP) is 6.19. The summed E-state index contributed by atoms with van der Waals surface area (Å²) < 4.78 is 46.4. The first-order valence-electron chi connectivity index (χ1n) is 10.4. The van der Waals surface area contributed by atoms with Crippen molar-refractivity contribution in [3.8, 4) is 0 Å². The van der Waals surface area contributed by atoms with Crippen molar-refractivity contribution < 1.29 is 22.7 Å². The van der Waals surface area contributed by atoms with Crippen LogP contribution >= 0.6 is 11.8 Å². The van der Waals surface area contributed by atoms with Gasteiger partial charge in [0.2, 0.25) is 0 Å². The van der Waals surface area contributed by atoms with Crippen LogP contribution in [0.5, 0.6) is 0 Å². The van der Waals surface area contributed by atoms with Crippen molar-refractivity contribution in [2.45, 2.75) is 63.1 Å². The summed E-state index contributed by atoms with van der Waals surface area (Å²) in [5.74, 6) is 0. The standard InChI is InChI=1S/C23H28F3N3O2S/c1-6-17-19-18(12-9-15-7-10-16(11-8-15)23(24,25)26)28(21(30)31-22(2,3)4)13-14-29(19)20(27-17)32-5/h6-8,10-11,18H,1,9,12-14H2,2-5H3. The van der Waals surface area contributed by atoms with Gasteiger partial charge in [0.25, 0.3) is 0 Å². The lowest BCUT2D eigenvalue weighted by atomic mass is 9.98. The maximum atomic E-state index is 13.0. The molecule has 0 spiro atoms. The van der Waals surface area contributed by atoms with Gasteiger partial charge in [-0.25, -0.2) is 9.78 Å². The van der Waals surface area contributed by atoms with Crippen molar-refractivity contribution in [2.24, 2.45) is 0 Å². The monoisotopic (exact) mass is 467 g/mol. The van der Waals surface area contributed by atoms with E-state index in [2.05, 4.69) is 16.1 Å². The SMILES string of the molecule is C=Cc1nc(SC)n2c1C(CCc1ccc(C(F)(F)F)cc1)N(C(=O)OC(C)(C)C)CC2. The fourth-order valence-corrected chi connectivity index (χ4v) is 4.44. The number of aryl methyl sites for hydroxylation is 1. The Morgan fingerprint density at radius 2 is 1.91 bits per heavy atom. The van der Waals surface area contributed by atoms with Crippen LogP contribution in [0.15, 0.2) is 36.0 Å². The number of halogens is 3. The summed E-state index contributed by atoms with van der Waals surface area (Å²) >= 11 is 1.52. The molecule has 0 saturated heterocycles. The Balaban J connectivity index is 1.91. The number of fused-ring (bicyclic) bond motifs is 1. The summed E-state index contributed by atoms with van der Waals surface area (Å²) in [7, 11) is 0. The third-order valence-electron chi connectivity index (χ3n) is 5.25. The number of nitrogens with zero attached hydrogens (tertiary/aromatic N) is 3. The minimum absolute atomic E-state index is 0.331. The second kappa shape index (κ2) is 9.21. The molecule has 32 heavy (non-hydrogen) atoms. The third-order valence-corrected chi connectivity index (χ3v) is 5.93. The normalized spacial score (nSPS) is 16.6. The van der Waals surface area contributed by atoms with Crippen molar-refractivity contribution in [3.63, 3.8) is 0 Å². The lowest BCUT2D eigenvalue weighted by Crippen LogP contribution is -2.45. The van der Waals surface area contributed by atoms with Crippen molar-refractivity contribution in [3.05, 3.63) is 53.4 Å².